The molecule has 150 valence electrons. The van der Waals surface area contributed by atoms with Crippen LogP contribution in [0.15, 0.2) is 35.7 Å². The van der Waals surface area contributed by atoms with Gasteiger partial charge in [-0.1, -0.05) is 0 Å². The second-order valence-corrected chi connectivity index (χ2v) is 7.02. The Bertz CT molecular complexity index is 970. The summed E-state index contributed by atoms with van der Waals surface area (Å²) < 4.78 is 93.2. The van der Waals surface area contributed by atoms with Crippen molar-refractivity contribution in [2.24, 2.45) is 5.73 Å². The number of thiophene rings is 1. The highest BCUT2D eigenvalue weighted by atomic mass is 32.1. The van der Waals surface area contributed by atoms with E-state index in [1.165, 1.54) is 12.1 Å². The lowest BCUT2D eigenvalue weighted by Gasteiger charge is -2.31. The monoisotopic (exact) mass is 423 g/mol. The molecule has 0 amide bonds. The van der Waals surface area contributed by atoms with Crippen molar-refractivity contribution in [3.63, 3.8) is 0 Å². The molecule has 3 nitrogen and oxygen atoms in total. The highest BCUT2D eigenvalue weighted by molar-refractivity contribution is 7.13. The third-order valence-corrected chi connectivity index (χ3v) is 5.13. The molecule has 0 aliphatic rings. The first-order chi connectivity index (χ1) is 12.8. The molecule has 3 aromatic rings. The predicted molar refractivity (Wildman–Crippen MR) is 90.0 cm³/mol. The van der Waals surface area contributed by atoms with Gasteiger partial charge >= 0.3 is 12.4 Å². The van der Waals surface area contributed by atoms with Crippen molar-refractivity contribution in [3.05, 3.63) is 52.9 Å². The van der Waals surface area contributed by atoms with Gasteiger partial charge in [0.2, 0.25) is 0 Å². The summed E-state index contributed by atoms with van der Waals surface area (Å²) in [4.78, 5) is 6.05. The van der Waals surface area contributed by atoms with E-state index in [9.17, 15) is 30.7 Å². The van der Waals surface area contributed by atoms with Gasteiger partial charge in [-0.05, 0) is 48.2 Å². The van der Waals surface area contributed by atoms with Crippen molar-refractivity contribution in [1.29, 1.82) is 0 Å². The van der Waals surface area contributed by atoms with Crippen LogP contribution in [0.1, 0.15) is 11.4 Å². The Hall–Kier alpha value is -2.40. The third kappa shape index (κ3) is 3.28. The van der Waals surface area contributed by atoms with Gasteiger partial charge in [-0.2, -0.15) is 26.3 Å². The fourth-order valence-corrected chi connectivity index (χ4v) is 3.45. The SMILES string of the molecule is Cc1csc(-c2[nH]c(C(N)(C(F)(F)F)C(F)(F)F)nc2-c2ccc(F)cc2)c1. The number of alkyl halides is 6. The van der Waals surface area contributed by atoms with E-state index in [0.717, 1.165) is 29.0 Å². The van der Waals surface area contributed by atoms with Gasteiger partial charge in [0.1, 0.15) is 11.6 Å². The standard InChI is InChI=1S/C17H12F7N3S/c1-8-6-11(28-7-8)13-12(9-2-4-10(18)5-3-9)26-14(27-13)15(25,16(19,20)21)17(22,23)24/h2-7H,25H2,1H3,(H,26,27). The molecule has 0 atom stereocenters. The van der Waals surface area contributed by atoms with E-state index in [-0.39, 0.29) is 17.0 Å². The van der Waals surface area contributed by atoms with Crippen LogP contribution in [0.3, 0.4) is 0 Å². The maximum atomic E-state index is 13.3. The molecule has 0 fully saturated rings. The highest BCUT2D eigenvalue weighted by Crippen LogP contribution is 2.48. The molecular weight excluding hydrogens is 411 g/mol. The number of nitrogens with one attached hydrogen (secondary N) is 1. The molecule has 0 saturated heterocycles. The number of halogens is 7. The van der Waals surface area contributed by atoms with Gasteiger partial charge in [-0.25, -0.2) is 9.37 Å². The van der Waals surface area contributed by atoms with E-state index in [0.29, 0.717) is 4.88 Å². The van der Waals surface area contributed by atoms with E-state index in [1.54, 1.807) is 18.4 Å². The number of aryl methyl sites for hydroxylation is 1. The van der Waals surface area contributed by atoms with Crippen molar-refractivity contribution < 1.29 is 30.7 Å². The second-order valence-electron chi connectivity index (χ2n) is 6.11. The van der Waals surface area contributed by atoms with Crippen molar-refractivity contribution in [1.82, 2.24) is 9.97 Å². The number of H-pyrrole nitrogens is 1. The quantitative estimate of drug-likeness (QED) is 0.544. The zero-order valence-corrected chi connectivity index (χ0v) is 14.9. The predicted octanol–water partition coefficient (Wildman–Crippen LogP) is 5.53. The van der Waals surface area contributed by atoms with Crippen LogP contribution in [-0.2, 0) is 5.54 Å². The molecule has 0 spiro atoms. The molecule has 0 aliphatic carbocycles. The summed E-state index contributed by atoms with van der Waals surface area (Å²) in [6, 6.07) is 6.04. The molecule has 11 heteroatoms. The molecular formula is C17H12F7N3S. The van der Waals surface area contributed by atoms with Crippen LogP contribution < -0.4 is 5.73 Å². The summed E-state index contributed by atoms with van der Waals surface area (Å²) in [6.07, 6.45) is -11.7. The first-order valence-electron chi connectivity index (χ1n) is 7.69. The number of hydrogen-bond donors (Lipinski definition) is 2. The van der Waals surface area contributed by atoms with Crippen LogP contribution in [-0.4, -0.2) is 22.3 Å². The van der Waals surface area contributed by atoms with E-state index in [2.05, 4.69) is 9.97 Å². The molecule has 0 aliphatic heterocycles. The molecule has 1 aromatic carbocycles. The fraction of sp³-hybridized carbons (Fsp3) is 0.235. The van der Waals surface area contributed by atoms with Gasteiger partial charge in [-0.3, -0.25) is 0 Å². The Morgan fingerprint density at radius 3 is 2.04 bits per heavy atom. The average Bonchev–Trinajstić information content (AvgIpc) is 3.19. The van der Waals surface area contributed by atoms with E-state index in [1.807, 2.05) is 0 Å². The minimum Gasteiger partial charge on any atom is -0.339 e. The Morgan fingerprint density at radius 2 is 1.57 bits per heavy atom. The molecule has 2 aromatic heterocycles. The van der Waals surface area contributed by atoms with Gasteiger partial charge in [0.25, 0.3) is 5.54 Å². The molecule has 0 unspecified atom stereocenters. The van der Waals surface area contributed by atoms with Crippen LogP contribution in [0.25, 0.3) is 21.8 Å². The third-order valence-electron chi connectivity index (χ3n) is 4.07. The van der Waals surface area contributed by atoms with E-state index < -0.39 is 29.5 Å². The average molecular weight is 423 g/mol. The van der Waals surface area contributed by atoms with Crippen molar-refractivity contribution >= 4 is 11.3 Å². The summed E-state index contributed by atoms with van der Waals surface area (Å²) in [5, 5.41) is 1.67. The Balaban J connectivity index is 2.28. The molecule has 28 heavy (non-hydrogen) atoms. The lowest BCUT2D eigenvalue weighted by Crippen LogP contribution is -2.61. The van der Waals surface area contributed by atoms with Crippen molar-refractivity contribution in [2.75, 3.05) is 0 Å². The Labute approximate surface area is 158 Å². The zero-order valence-electron chi connectivity index (χ0n) is 14.0. The van der Waals surface area contributed by atoms with Gasteiger partial charge in [0, 0.05) is 5.56 Å². The van der Waals surface area contributed by atoms with E-state index >= 15 is 0 Å². The lowest BCUT2D eigenvalue weighted by atomic mass is 9.98. The van der Waals surface area contributed by atoms with Gasteiger partial charge in [-0.15, -0.1) is 11.3 Å². The number of aromatic nitrogens is 2. The minimum atomic E-state index is -5.86. The first-order valence-corrected chi connectivity index (χ1v) is 8.57. The molecule has 3 rings (SSSR count). The smallest absolute Gasteiger partial charge is 0.339 e. The molecule has 0 bridgehead atoms. The first kappa shape index (κ1) is 20.3. The molecule has 0 radical (unpaired) electrons. The minimum absolute atomic E-state index is 0.0666. The van der Waals surface area contributed by atoms with Crippen LogP contribution in [0.4, 0.5) is 30.7 Å². The van der Waals surface area contributed by atoms with Gasteiger partial charge < -0.3 is 10.7 Å². The van der Waals surface area contributed by atoms with Crippen molar-refractivity contribution in [3.8, 4) is 21.8 Å². The molecule has 0 saturated carbocycles. The number of nitrogens with two attached hydrogens (primary N) is 1. The maximum absolute atomic E-state index is 13.3. The number of benzene rings is 1. The molecule has 3 N–H and O–H groups in total. The zero-order chi connectivity index (χ0) is 20.9. The normalized spacial score (nSPS) is 13.2. The summed E-state index contributed by atoms with van der Waals surface area (Å²) in [6.45, 7) is 1.72. The van der Waals surface area contributed by atoms with Crippen LogP contribution in [0.5, 0.6) is 0 Å². The summed E-state index contributed by atoms with van der Waals surface area (Å²) in [7, 11) is 0. The number of aromatic amines is 1. The van der Waals surface area contributed by atoms with Gasteiger partial charge in [0.05, 0.1) is 16.3 Å². The van der Waals surface area contributed by atoms with Crippen LogP contribution >= 0.6 is 11.3 Å². The summed E-state index contributed by atoms with van der Waals surface area (Å²) in [5.41, 5.74) is 0.777. The highest BCUT2D eigenvalue weighted by Gasteiger charge is 2.71. The Kier molecular flexibility index (Phi) is 4.79. The topological polar surface area (TPSA) is 54.7 Å². The van der Waals surface area contributed by atoms with Gasteiger partial charge in [0.15, 0.2) is 0 Å². The number of imidazole rings is 1. The Morgan fingerprint density at radius 1 is 1.00 bits per heavy atom. The fourth-order valence-electron chi connectivity index (χ4n) is 2.55. The van der Waals surface area contributed by atoms with Crippen molar-refractivity contribution in [2.45, 2.75) is 24.8 Å². The van der Waals surface area contributed by atoms with Crippen LogP contribution in [0.2, 0.25) is 0 Å². The largest absolute Gasteiger partial charge is 0.422 e. The number of hydrogen-bond acceptors (Lipinski definition) is 3. The number of nitrogens with zero attached hydrogens (tertiary/aromatic N) is 1. The summed E-state index contributed by atoms with van der Waals surface area (Å²) in [5.74, 6) is -2.11. The van der Waals surface area contributed by atoms with E-state index in [4.69, 9.17) is 5.73 Å². The maximum Gasteiger partial charge on any atom is 0.422 e. The lowest BCUT2D eigenvalue weighted by molar-refractivity contribution is -0.304. The summed E-state index contributed by atoms with van der Waals surface area (Å²) >= 11 is 1.10. The molecule has 2 heterocycles. The van der Waals surface area contributed by atoms with Crippen LogP contribution in [0, 0.1) is 12.7 Å². The number of rotatable bonds is 3. The second kappa shape index (κ2) is 6.59.